The van der Waals surface area contributed by atoms with Crippen LogP contribution in [0.5, 0.6) is 0 Å². The molecule has 0 aromatic heterocycles. The van der Waals surface area contributed by atoms with Gasteiger partial charge in [-0.2, -0.15) is 0 Å². The molecule has 0 heterocycles. The number of carbonyl (C=O) groups is 3. The fourth-order valence-corrected chi connectivity index (χ4v) is 11.8. The van der Waals surface area contributed by atoms with E-state index in [1.807, 2.05) is 0 Å². The first kappa shape index (κ1) is 49.6. The van der Waals surface area contributed by atoms with Crippen molar-refractivity contribution in [1.82, 2.24) is 15.5 Å². The van der Waals surface area contributed by atoms with Gasteiger partial charge in [-0.1, -0.05) is 20.8 Å². The molecule has 17 heteroatoms. The summed E-state index contributed by atoms with van der Waals surface area (Å²) in [6, 6.07) is 0. The average Bonchev–Trinajstić information content (AvgIpc) is 3.59. The van der Waals surface area contributed by atoms with Crippen LogP contribution in [-0.2, 0) is 14.4 Å². The highest BCUT2D eigenvalue weighted by atomic mass is 16.4. The number of carbonyl (C=O) groups excluding carboxylic acids is 3. The minimum atomic E-state index is -2.09. The van der Waals surface area contributed by atoms with Crippen LogP contribution in [0, 0.1) is 46.3 Å². The van der Waals surface area contributed by atoms with Gasteiger partial charge in [-0.25, -0.2) is 0 Å². The number of rotatable bonds is 22. The van der Waals surface area contributed by atoms with Crippen molar-refractivity contribution < 1.29 is 70.6 Å². The Morgan fingerprint density at radius 1 is 0.678 bits per heavy atom. The third kappa shape index (κ3) is 11.5. The maximum Gasteiger partial charge on any atom is 0.251 e. The summed E-state index contributed by atoms with van der Waals surface area (Å²) in [5.74, 6) is 1.26. The van der Waals surface area contributed by atoms with Gasteiger partial charge in [0.2, 0.25) is 5.91 Å². The molecular formula is C42H75N3O14. The summed E-state index contributed by atoms with van der Waals surface area (Å²) < 4.78 is 0. The monoisotopic (exact) mass is 846 g/mol. The summed E-state index contributed by atoms with van der Waals surface area (Å²) in [5.41, 5.74) is 0.501. The van der Waals surface area contributed by atoms with Crippen molar-refractivity contribution in [2.45, 2.75) is 159 Å². The molecule has 59 heavy (non-hydrogen) atoms. The molecule has 0 aliphatic heterocycles. The molecule has 4 fully saturated rings. The topological polar surface area (TPSA) is 301 Å². The number of hydrogen-bond acceptors (Lipinski definition) is 14. The van der Waals surface area contributed by atoms with Crippen molar-refractivity contribution in [1.29, 1.82) is 0 Å². The molecule has 13 N–H and O–H groups in total. The Hall–Kier alpha value is -2.03. The lowest BCUT2D eigenvalue weighted by Crippen LogP contribution is -2.54. The first-order valence-electron chi connectivity index (χ1n) is 22.0. The number of nitrogens with zero attached hydrogens (tertiary/aromatic N) is 1. The summed E-state index contributed by atoms with van der Waals surface area (Å²) >= 11 is 0. The molecule has 0 aromatic rings. The van der Waals surface area contributed by atoms with Crippen LogP contribution in [0.15, 0.2) is 0 Å². The summed E-state index contributed by atoms with van der Waals surface area (Å²) in [7, 11) is 0. The third-order valence-electron chi connectivity index (χ3n) is 15.4. The fourth-order valence-electron chi connectivity index (χ4n) is 11.8. The van der Waals surface area contributed by atoms with Gasteiger partial charge in [0.15, 0.2) is 12.2 Å². The highest BCUT2D eigenvalue weighted by molar-refractivity contribution is 5.81. The van der Waals surface area contributed by atoms with Crippen LogP contribution in [0.3, 0.4) is 0 Å². The zero-order valence-electron chi connectivity index (χ0n) is 35.2. The lowest BCUT2D eigenvalue weighted by atomic mass is 9.44. The van der Waals surface area contributed by atoms with Crippen molar-refractivity contribution in [3.63, 3.8) is 0 Å². The van der Waals surface area contributed by atoms with Gasteiger partial charge in [0.25, 0.3) is 11.8 Å². The minimum Gasteiger partial charge on any atom is -0.394 e. The van der Waals surface area contributed by atoms with Gasteiger partial charge in [-0.15, -0.1) is 0 Å². The Labute approximate surface area is 348 Å². The fraction of sp³-hybridized carbons (Fsp3) is 0.929. The molecule has 4 rings (SSSR count). The number of fused-ring (bicyclic) bond motifs is 5. The smallest absolute Gasteiger partial charge is 0.251 e. The van der Waals surface area contributed by atoms with Crippen LogP contribution in [0.25, 0.3) is 0 Å². The van der Waals surface area contributed by atoms with Crippen molar-refractivity contribution in [3.05, 3.63) is 0 Å². The standard InChI is InChI=1S/C42H75N3O14/c1-23(27-9-10-28-26-8-7-24-20-25(48)12-14-41(24,2)29(26)13-15-42(27,28)3)6-11-32(51)45(18-4-16-43-39(58)37(56)35(54)33(52)30(49)21-46)19-5-17-44-40(59)38(57)36(55)34(53)31(50)22-47/h23-31,33-38,46-50,52-57H,4-22H2,1-3H3,(H,43,58)(H,44,59)/t23-,24-,25-,26+,27-,28+,29+,30-,31-,33-,34-,35+,36+,37-,38-,41+,42-/m1/s1. The summed E-state index contributed by atoms with van der Waals surface area (Å²) in [5, 5.41) is 113. The first-order chi connectivity index (χ1) is 27.8. The molecule has 342 valence electrons. The lowest BCUT2D eigenvalue weighted by Gasteiger charge is -2.61. The molecule has 0 saturated heterocycles. The van der Waals surface area contributed by atoms with Gasteiger partial charge < -0.3 is 71.7 Å². The number of nitrogens with one attached hydrogen (secondary N) is 2. The maximum atomic E-state index is 13.8. The highest BCUT2D eigenvalue weighted by Gasteiger charge is 2.60. The second kappa shape index (κ2) is 21.9. The molecule has 4 saturated carbocycles. The van der Waals surface area contributed by atoms with Crippen molar-refractivity contribution in [3.8, 4) is 0 Å². The molecule has 0 radical (unpaired) electrons. The van der Waals surface area contributed by atoms with E-state index < -0.39 is 73.9 Å². The van der Waals surface area contributed by atoms with Crippen molar-refractivity contribution >= 4 is 17.7 Å². The molecule has 17 atom stereocenters. The molecule has 3 amide bonds. The Balaban J connectivity index is 1.33. The van der Waals surface area contributed by atoms with E-state index in [0.29, 0.717) is 47.3 Å². The van der Waals surface area contributed by atoms with Gasteiger partial charge in [0.05, 0.1) is 19.3 Å². The quantitative estimate of drug-likeness (QED) is 0.0532. The molecular weight excluding hydrogens is 770 g/mol. The predicted octanol–water partition coefficient (Wildman–Crippen LogP) is -1.86. The van der Waals surface area contributed by atoms with E-state index >= 15 is 0 Å². The number of amides is 3. The minimum absolute atomic E-state index is 0.0192. The normalized spacial score (nSPS) is 33.7. The summed E-state index contributed by atoms with van der Waals surface area (Å²) in [6.45, 7) is 5.76. The molecule has 0 unspecified atom stereocenters. The maximum absolute atomic E-state index is 13.8. The van der Waals surface area contributed by atoms with E-state index in [-0.39, 0.29) is 62.9 Å². The van der Waals surface area contributed by atoms with E-state index in [2.05, 4.69) is 31.4 Å². The Bertz CT molecular complexity index is 1320. The van der Waals surface area contributed by atoms with Gasteiger partial charge >= 0.3 is 0 Å². The van der Waals surface area contributed by atoms with Crippen molar-refractivity contribution in [2.75, 3.05) is 39.4 Å². The summed E-state index contributed by atoms with van der Waals surface area (Å²) in [6.07, 6.45) is -4.43. The first-order valence-corrected chi connectivity index (χ1v) is 22.0. The Morgan fingerprint density at radius 3 is 1.71 bits per heavy atom. The van der Waals surface area contributed by atoms with E-state index in [1.165, 1.54) is 32.1 Å². The van der Waals surface area contributed by atoms with Gasteiger partial charge in [-0.3, -0.25) is 14.4 Å². The lowest BCUT2D eigenvalue weighted by molar-refractivity contribution is -0.149. The third-order valence-corrected chi connectivity index (χ3v) is 15.4. The van der Waals surface area contributed by atoms with Crippen molar-refractivity contribution in [2.24, 2.45) is 46.3 Å². The number of hydrogen-bond donors (Lipinski definition) is 13. The zero-order valence-corrected chi connectivity index (χ0v) is 35.2. The molecule has 0 spiro atoms. The Morgan fingerprint density at radius 2 is 1.19 bits per heavy atom. The van der Waals surface area contributed by atoms with Crippen LogP contribution in [-0.4, -0.2) is 173 Å². The van der Waals surface area contributed by atoms with Gasteiger partial charge in [0.1, 0.15) is 36.6 Å². The number of aliphatic hydroxyl groups is 11. The van der Waals surface area contributed by atoms with E-state index in [4.69, 9.17) is 10.2 Å². The molecule has 17 nitrogen and oxygen atoms in total. The second-order valence-corrected chi connectivity index (χ2v) is 18.9. The second-order valence-electron chi connectivity index (χ2n) is 18.9. The highest BCUT2D eigenvalue weighted by Crippen LogP contribution is 2.68. The van der Waals surface area contributed by atoms with Gasteiger partial charge in [-0.05, 0) is 123 Å². The zero-order chi connectivity index (χ0) is 43.8. The molecule has 0 aromatic carbocycles. The molecule has 0 bridgehead atoms. The number of aliphatic hydroxyl groups excluding tert-OH is 11. The van der Waals surface area contributed by atoms with Crippen LogP contribution >= 0.6 is 0 Å². The predicted molar refractivity (Wildman–Crippen MR) is 214 cm³/mol. The van der Waals surface area contributed by atoms with Crippen LogP contribution < -0.4 is 10.6 Å². The van der Waals surface area contributed by atoms with Gasteiger partial charge in [0, 0.05) is 32.6 Å². The van der Waals surface area contributed by atoms with E-state index in [9.17, 15) is 60.3 Å². The van der Waals surface area contributed by atoms with E-state index in [1.54, 1.807) is 4.90 Å². The molecule has 4 aliphatic rings. The van der Waals surface area contributed by atoms with E-state index in [0.717, 1.165) is 25.7 Å². The largest absolute Gasteiger partial charge is 0.394 e. The summed E-state index contributed by atoms with van der Waals surface area (Å²) in [4.78, 5) is 40.4. The SMILES string of the molecule is C[C@H](CCC(=O)N(CCCNC(=O)[C@H](O)[C@@H](O)[C@H](O)[C@H](O)CO)CCCNC(=O)[C@H](O)[C@@H](O)[C@H](O)[C@H](O)CO)[C@H]1CC[C@H]2[C@@H]3CC[C@@H]4C[C@H](O)CC[C@]4(C)[C@H]3CC[C@]12C. The van der Waals surface area contributed by atoms with Crippen LogP contribution in [0.1, 0.15) is 104 Å². The Kier molecular flexibility index (Phi) is 18.4. The molecule has 4 aliphatic carbocycles. The van der Waals surface area contributed by atoms with Crippen LogP contribution in [0.4, 0.5) is 0 Å². The average molecular weight is 846 g/mol. The van der Waals surface area contributed by atoms with Crippen LogP contribution in [0.2, 0.25) is 0 Å².